The standard InChI is InChI=1S/C14H13ClN2O2/c1-18-8-6-17-12-5-4-10(15)9-11(12)16-14(17)13-3-2-7-19-13/h2-5,7,9H,6,8H2,1H3. The van der Waals surface area contributed by atoms with Crippen molar-refractivity contribution in [3.8, 4) is 11.6 Å². The lowest BCUT2D eigenvalue weighted by Gasteiger charge is -2.06. The largest absolute Gasteiger partial charge is 0.461 e. The van der Waals surface area contributed by atoms with Gasteiger partial charge in [-0.3, -0.25) is 0 Å². The summed E-state index contributed by atoms with van der Waals surface area (Å²) in [5, 5.41) is 0.676. The molecular weight excluding hydrogens is 264 g/mol. The maximum atomic E-state index is 6.01. The Labute approximate surface area is 115 Å². The molecule has 2 aromatic heterocycles. The van der Waals surface area contributed by atoms with Gasteiger partial charge in [0.1, 0.15) is 0 Å². The molecular formula is C14H13ClN2O2. The number of furan rings is 1. The highest BCUT2D eigenvalue weighted by atomic mass is 35.5. The van der Waals surface area contributed by atoms with Gasteiger partial charge in [-0.15, -0.1) is 0 Å². The second-order valence-electron chi connectivity index (χ2n) is 4.19. The van der Waals surface area contributed by atoms with Crippen LogP contribution < -0.4 is 0 Å². The molecule has 0 saturated carbocycles. The highest BCUT2D eigenvalue weighted by Gasteiger charge is 2.14. The number of fused-ring (bicyclic) bond motifs is 1. The van der Waals surface area contributed by atoms with E-state index in [1.165, 1.54) is 0 Å². The molecule has 3 rings (SSSR count). The van der Waals surface area contributed by atoms with Crippen LogP contribution in [-0.2, 0) is 11.3 Å². The minimum Gasteiger partial charge on any atom is -0.461 e. The summed E-state index contributed by atoms with van der Waals surface area (Å²) < 4.78 is 12.7. The number of hydrogen-bond donors (Lipinski definition) is 0. The van der Waals surface area contributed by atoms with E-state index in [9.17, 15) is 0 Å². The van der Waals surface area contributed by atoms with Crippen LogP contribution >= 0.6 is 11.6 Å². The van der Waals surface area contributed by atoms with Gasteiger partial charge in [-0.2, -0.15) is 0 Å². The number of rotatable bonds is 4. The quantitative estimate of drug-likeness (QED) is 0.731. The molecule has 0 amide bonds. The number of aromatic nitrogens is 2. The smallest absolute Gasteiger partial charge is 0.177 e. The number of hydrogen-bond acceptors (Lipinski definition) is 3. The summed E-state index contributed by atoms with van der Waals surface area (Å²) in [4.78, 5) is 4.60. The number of nitrogens with zero attached hydrogens (tertiary/aromatic N) is 2. The van der Waals surface area contributed by atoms with Gasteiger partial charge in [-0.25, -0.2) is 4.98 Å². The molecule has 5 heteroatoms. The Bertz CT molecular complexity index is 689. The normalized spacial score (nSPS) is 11.3. The van der Waals surface area contributed by atoms with Gasteiger partial charge in [0.05, 0.1) is 23.9 Å². The van der Waals surface area contributed by atoms with Crippen molar-refractivity contribution >= 4 is 22.6 Å². The van der Waals surface area contributed by atoms with Gasteiger partial charge >= 0.3 is 0 Å². The van der Waals surface area contributed by atoms with E-state index in [1.807, 2.05) is 30.3 Å². The lowest BCUT2D eigenvalue weighted by atomic mass is 10.3. The third-order valence-electron chi connectivity index (χ3n) is 2.97. The van der Waals surface area contributed by atoms with Gasteiger partial charge < -0.3 is 13.7 Å². The maximum absolute atomic E-state index is 6.01. The third-order valence-corrected chi connectivity index (χ3v) is 3.21. The van der Waals surface area contributed by atoms with Crippen LogP contribution in [0, 0.1) is 0 Å². The number of imidazole rings is 1. The number of ether oxygens (including phenoxy) is 1. The Kier molecular flexibility index (Phi) is 3.27. The van der Waals surface area contributed by atoms with Crippen molar-refractivity contribution in [3.63, 3.8) is 0 Å². The van der Waals surface area contributed by atoms with Crippen LogP contribution in [0.3, 0.4) is 0 Å². The third kappa shape index (κ3) is 2.25. The van der Waals surface area contributed by atoms with E-state index < -0.39 is 0 Å². The molecule has 19 heavy (non-hydrogen) atoms. The Morgan fingerprint density at radius 3 is 3.00 bits per heavy atom. The van der Waals surface area contributed by atoms with E-state index in [1.54, 1.807) is 13.4 Å². The van der Waals surface area contributed by atoms with Gasteiger partial charge in [-0.1, -0.05) is 11.6 Å². The highest BCUT2D eigenvalue weighted by Crippen LogP contribution is 2.26. The molecule has 0 spiro atoms. The monoisotopic (exact) mass is 276 g/mol. The van der Waals surface area contributed by atoms with Crippen molar-refractivity contribution in [1.29, 1.82) is 0 Å². The molecule has 0 saturated heterocycles. The molecule has 0 fully saturated rings. The predicted molar refractivity (Wildman–Crippen MR) is 74.3 cm³/mol. The Balaban J connectivity index is 2.18. The van der Waals surface area contributed by atoms with E-state index in [0.29, 0.717) is 18.2 Å². The van der Waals surface area contributed by atoms with Crippen molar-refractivity contribution in [1.82, 2.24) is 9.55 Å². The first kappa shape index (κ1) is 12.3. The molecule has 0 radical (unpaired) electrons. The van der Waals surface area contributed by atoms with E-state index in [-0.39, 0.29) is 0 Å². The van der Waals surface area contributed by atoms with Crippen molar-refractivity contribution in [2.45, 2.75) is 6.54 Å². The van der Waals surface area contributed by atoms with Crippen molar-refractivity contribution in [3.05, 3.63) is 41.6 Å². The molecule has 0 N–H and O–H groups in total. The fraction of sp³-hybridized carbons (Fsp3) is 0.214. The van der Waals surface area contributed by atoms with Crippen LogP contribution in [0.25, 0.3) is 22.6 Å². The van der Waals surface area contributed by atoms with Crippen LogP contribution in [-0.4, -0.2) is 23.3 Å². The van der Waals surface area contributed by atoms with Gasteiger partial charge in [0, 0.05) is 18.7 Å². The van der Waals surface area contributed by atoms with Crippen LogP contribution in [0.2, 0.25) is 5.02 Å². The summed E-state index contributed by atoms with van der Waals surface area (Å²) in [7, 11) is 1.68. The average Bonchev–Trinajstić information content (AvgIpc) is 3.02. The van der Waals surface area contributed by atoms with Crippen molar-refractivity contribution in [2.24, 2.45) is 0 Å². The van der Waals surface area contributed by atoms with Gasteiger partial charge in [0.2, 0.25) is 0 Å². The predicted octanol–water partition coefficient (Wildman–Crippen LogP) is 3.60. The number of halogens is 1. The molecule has 98 valence electrons. The average molecular weight is 277 g/mol. The Morgan fingerprint density at radius 2 is 2.26 bits per heavy atom. The van der Waals surface area contributed by atoms with Crippen molar-refractivity contribution < 1.29 is 9.15 Å². The fourth-order valence-electron chi connectivity index (χ4n) is 2.11. The van der Waals surface area contributed by atoms with E-state index in [4.69, 9.17) is 20.8 Å². The minimum atomic E-state index is 0.613. The molecule has 0 bridgehead atoms. The van der Waals surface area contributed by atoms with E-state index in [0.717, 1.165) is 22.6 Å². The van der Waals surface area contributed by atoms with Crippen LogP contribution in [0.1, 0.15) is 0 Å². The zero-order valence-corrected chi connectivity index (χ0v) is 11.2. The zero-order chi connectivity index (χ0) is 13.2. The fourth-order valence-corrected chi connectivity index (χ4v) is 2.27. The molecule has 1 aromatic carbocycles. The van der Waals surface area contributed by atoms with Gasteiger partial charge in [-0.05, 0) is 30.3 Å². The second kappa shape index (κ2) is 5.07. The lowest BCUT2D eigenvalue weighted by Crippen LogP contribution is -2.05. The molecule has 0 unspecified atom stereocenters. The molecule has 3 aromatic rings. The molecule has 0 aliphatic heterocycles. The molecule has 4 nitrogen and oxygen atoms in total. The Morgan fingerprint density at radius 1 is 1.37 bits per heavy atom. The summed E-state index contributed by atoms with van der Waals surface area (Å²) in [5.74, 6) is 1.53. The number of benzene rings is 1. The zero-order valence-electron chi connectivity index (χ0n) is 10.5. The summed E-state index contributed by atoms with van der Waals surface area (Å²) in [6.07, 6.45) is 1.64. The first-order chi connectivity index (χ1) is 9.29. The topological polar surface area (TPSA) is 40.2 Å². The molecule has 2 heterocycles. The SMILES string of the molecule is COCCn1c(-c2ccco2)nc2cc(Cl)ccc21. The molecule has 0 aliphatic rings. The summed E-state index contributed by atoms with van der Waals surface area (Å²) in [6, 6.07) is 9.43. The molecule has 0 aliphatic carbocycles. The lowest BCUT2D eigenvalue weighted by molar-refractivity contribution is 0.188. The molecule has 0 atom stereocenters. The first-order valence-corrected chi connectivity index (χ1v) is 6.36. The number of methoxy groups -OCH3 is 1. The summed E-state index contributed by atoms with van der Waals surface area (Å²) >= 11 is 6.01. The van der Waals surface area contributed by atoms with Crippen LogP contribution in [0.15, 0.2) is 41.0 Å². The van der Waals surface area contributed by atoms with E-state index >= 15 is 0 Å². The van der Waals surface area contributed by atoms with Crippen LogP contribution in [0.5, 0.6) is 0 Å². The minimum absolute atomic E-state index is 0.613. The highest BCUT2D eigenvalue weighted by molar-refractivity contribution is 6.31. The summed E-state index contributed by atoms with van der Waals surface area (Å²) in [5.41, 5.74) is 1.88. The second-order valence-corrected chi connectivity index (χ2v) is 4.63. The van der Waals surface area contributed by atoms with E-state index in [2.05, 4.69) is 9.55 Å². The van der Waals surface area contributed by atoms with Crippen molar-refractivity contribution in [2.75, 3.05) is 13.7 Å². The Hall–Kier alpha value is -1.78. The summed E-state index contributed by atoms with van der Waals surface area (Å²) in [6.45, 7) is 1.33. The van der Waals surface area contributed by atoms with Gasteiger partial charge in [0.15, 0.2) is 11.6 Å². The van der Waals surface area contributed by atoms with Gasteiger partial charge in [0.25, 0.3) is 0 Å². The van der Waals surface area contributed by atoms with Crippen LogP contribution in [0.4, 0.5) is 0 Å². The first-order valence-electron chi connectivity index (χ1n) is 5.98. The maximum Gasteiger partial charge on any atom is 0.177 e.